The molecule has 8 heteroatoms. The van der Waals surface area contributed by atoms with Gasteiger partial charge in [0.1, 0.15) is 0 Å². The van der Waals surface area contributed by atoms with E-state index in [1.807, 2.05) is 13.1 Å². The average Bonchev–Trinajstić information content (AvgIpc) is 2.59. The number of rotatable bonds is 6. The number of carbonyl (C=O) groups is 1. The number of aryl methyl sites for hydroxylation is 2. The average molecular weight is 418 g/mol. The molecule has 0 radical (unpaired) electrons. The number of hydrogen-bond acceptors (Lipinski definition) is 4. The van der Waals surface area contributed by atoms with Crippen LogP contribution in [0.5, 0.6) is 0 Å². The molecule has 0 atom stereocenters. The fourth-order valence-electron chi connectivity index (χ4n) is 3.73. The van der Waals surface area contributed by atoms with E-state index in [1.54, 1.807) is 20.8 Å². The molecule has 0 spiro atoms. The summed E-state index contributed by atoms with van der Waals surface area (Å²) in [6.07, 6.45) is 0. The summed E-state index contributed by atoms with van der Waals surface area (Å²) in [5, 5.41) is 5.98. The summed E-state index contributed by atoms with van der Waals surface area (Å²) in [4.78, 5) is 29.9. The molecule has 1 aliphatic heterocycles. The summed E-state index contributed by atoms with van der Waals surface area (Å²) in [5.41, 5.74) is 2.75. The van der Waals surface area contributed by atoms with E-state index in [2.05, 4.69) is 20.5 Å². The van der Waals surface area contributed by atoms with Crippen LogP contribution in [-0.2, 0) is 12.5 Å². The van der Waals surface area contributed by atoms with Crippen molar-refractivity contribution in [3.63, 3.8) is 0 Å². The van der Waals surface area contributed by atoms with Gasteiger partial charge in [-0.2, -0.15) is 0 Å². The number of aromatic nitrogens is 1. The van der Waals surface area contributed by atoms with Crippen molar-refractivity contribution in [3.8, 4) is 0 Å². The van der Waals surface area contributed by atoms with Crippen LogP contribution < -0.4 is 16.2 Å². The molecule has 162 valence electrons. The second-order valence-electron chi connectivity index (χ2n) is 8.27. The van der Waals surface area contributed by atoms with Gasteiger partial charge < -0.3 is 20.5 Å². The minimum atomic E-state index is -3.08. The Morgan fingerprint density at radius 2 is 1.90 bits per heavy atom. The van der Waals surface area contributed by atoms with Crippen molar-refractivity contribution in [2.75, 3.05) is 25.5 Å². The van der Waals surface area contributed by atoms with Gasteiger partial charge in [-0.15, -0.1) is 0 Å². The lowest BCUT2D eigenvalue weighted by atomic mass is 9.97. The van der Waals surface area contributed by atoms with Crippen molar-refractivity contribution < 1.29 is 13.6 Å². The van der Waals surface area contributed by atoms with Gasteiger partial charge in [0.2, 0.25) is 0 Å². The Kier molecular flexibility index (Phi) is 5.99. The van der Waals surface area contributed by atoms with Crippen LogP contribution in [0.2, 0.25) is 0 Å². The van der Waals surface area contributed by atoms with Crippen LogP contribution in [0.25, 0.3) is 0 Å². The molecule has 1 aromatic heterocycles. The van der Waals surface area contributed by atoms with Gasteiger partial charge in [-0.1, -0.05) is 0 Å². The van der Waals surface area contributed by atoms with E-state index in [4.69, 9.17) is 0 Å². The number of alkyl halides is 2. The van der Waals surface area contributed by atoms with Crippen LogP contribution in [0.3, 0.4) is 0 Å². The third-order valence-electron chi connectivity index (χ3n) is 5.50. The summed E-state index contributed by atoms with van der Waals surface area (Å²) in [5.74, 6) is -3.58. The van der Waals surface area contributed by atoms with Crippen LogP contribution in [0.4, 0.5) is 14.5 Å². The van der Waals surface area contributed by atoms with E-state index >= 15 is 0 Å². The highest BCUT2D eigenvalue weighted by molar-refractivity contribution is 5.97. The number of likely N-dealkylation sites (N-methyl/N-ethyl adjacent to an activating group) is 1. The molecule has 1 aliphatic rings. The highest BCUT2D eigenvalue weighted by Crippen LogP contribution is 2.33. The van der Waals surface area contributed by atoms with Gasteiger partial charge in [0.05, 0.1) is 6.04 Å². The number of nitrogens with zero attached hydrogens (tertiary/aromatic N) is 1. The highest BCUT2D eigenvalue weighted by Gasteiger charge is 2.29. The first-order chi connectivity index (χ1) is 14.0. The van der Waals surface area contributed by atoms with E-state index in [1.165, 1.54) is 12.1 Å². The third-order valence-corrected chi connectivity index (χ3v) is 5.50. The highest BCUT2D eigenvalue weighted by atomic mass is 19.3. The number of halogens is 2. The predicted molar refractivity (Wildman–Crippen MR) is 113 cm³/mol. The molecule has 3 rings (SSSR count). The molecule has 1 fully saturated rings. The monoisotopic (exact) mass is 418 g/mol. The third kappa shape index (κ3) is 4.70. The minimum Gasteiger partial charge on any atom is -0.379 e. The van der Waals surface area contributed by atoms with Gasteiger partial charge in [0.25, 0.3) is 17.4 Å². The smallest absolute Gasteiger partial charge is 0.270 e. The normalized spacial score (nSPS) is 15.0. The van der Waals surface area contributed by atoms with Gasteiger partial charge in [0.15, 0.2) is 0 Å². The molecule has 0 aliphatic carbocycles. The van der Waals surface area contributed by atoms with Crippen molar-refractivity contribution in [2.45, 2.75) is 46.2 Å². The number of amides is 1. The number of carbonyl (C=O) groups excluding carboxylic acids is 1. The maximum atomic E-state index is 14.1. The zero-order valence-electron chi connectivity index (χ0n) is 18.0. The molecule has 3 N–H and O–H groups in total. The molecule has 2 heterocycles. The van der Waals surface area contributed by atoms with Gasteiger partial charge in [-0.3, -0.25) is 9.59 Å². The Morgan fingerprint density at radius 1 is 1.23 bits per heavy atom. The van der Waals surface area contributed by atoms with E-state index in [9.17, 15) is 18.4 Å². The van der Waals surface area contributed by atoms with Crippen molar-refractivity contribution in [1.29, 1.82) is 0 Å². The largest absolute Gasteiger partial charge is 0.379 e. The Hall–Kier alpha value is -2.74. The first kappa shape index (κ1) is 22.0. The Balaban J connectivity index is 1.88. The van der Waals surface area contributed by atoms with Crippen LogP contribution in [0.15, 0.2) is 23.0 Å². The Morgan fingerprint density at radius 3 is 2.47 bits per heavy atom. The van der Waals surface area contributed by atoms with E-state index in [-0.39, 0.29) is 29.3 Å². The molecular weight excluding hydrogens is 390 g/mol. The fourth-order valence-corrected chi connectivity index (χ4v) is 3.73. The molecule has 1 amide bonds. The van der Waals surface area contributed by atoms with Crippen molar-refractivity contribution in [2.24, 2.45) is 0 Å². The van der Waals surface area contributed by atoms with Gasteiger partial charge in [-0.25, -0.2) is 8.78 Å². The van der Waals surface area contributed by atoms with Crippen LogP contribution in [0, 0.1) is 20.8 Å². The maximum absolute atomic E-state index is 14.1. The topological polar surface area (TPSA) is 77.2 Å². The zero-order valence-corrected chi connectivity index (χ0v) is 18.0. The predicted octanol–water partition coefficient (Wildman–Crippen LogP) is 3.07. The summed E-state index contributed by atoms with van der Waals surface area (Å²) in [7, 11) is 1.98. The van der Waals surface area contributed by atoms with Gasteiger partial charge in [-0.05, 0) is 57.1 Å². The molecule has 30 heavy (non-hydrogen) atoms. The molecule has 6 nitrogen and oxygen atoms in total. The van der Waals surface area contributed by atoms with Gasteiger partial charge in [0, 0.05) is 54.6 Å². The second kappa shape index (κ2) is 8.18. The SMILES string of the molecule is Cc1cc(C)c(CNC(=O)c2cc(C(C)(F)F)cc(NC3CN(C)C3)c2C)c(=O)[nH]1. The molecule has 0 unspecified atom stereocenters. The molecule has 1 aromatic carbocycles. The van der Waals surface area contributed by atoms with Crippen LogP contribution in [0.1, 0.15) is 45.2 Å². The summed E-state index contributed by atoms with van der Waals surface area (Å²) >= 11 is 0. The Labute approximate surface area is 174 Å². The number of nitrogens with one attached hydrogen (secondary N) is 3. The lowest BCUT2D eigenvalue weighted by molar-refractivity contribution is 0.0174. The first-order valence-corrected chi connectivity index (χ1v) is 9.91. The minimum absolute atomic E-state index is 0.0165. The lowest BCUT2D eigenvalue weighted by Gasteiger charge is -2.37. The number of pyridine rings is 1. The summed E-state index contributed by atoms with van der Waals surface area (Å²) in [6.45, 7) is 7.77. The fraction of sp³-hybridized carbons (Fsp3) is 0.455. The Bertz CT molecular complexity index is 1020. The van der Waals surface area contributed by atoms with Crippen molar-refractivity contribution in [3.05, 3.63) is 62.1 Å². The number of benzene rings is 1. The maximum Gasteiger partial charge on any atom is 0.270 e. The summed E-state index contributed by atoms with van der Waals surface area (Å²) < 4.78 is 28.2. The quantitative estimate of drug-likeness (QED) is 0.674. The first-order valence-electron chi connectivity index (χ1n) is 9.91. The molecule has 1 saturated heterocycles. The van der Waals surface area contributed by atoms with Crippen LogP contribution >= 0.6 is 0 Å². The molecule has 2 aromatic rings. The summed E-state index contributed by atoms with van der Waals surface area (Å²) in [6, 6.07) is 4.62. The van der Waals surface area contributed by atoms with E-state index in [0.29, 0.717) is 16.8 Å². The molecule has 0 bridgehead atoms. The number of anilines is 1. The molecular formula is C22H28F2N4O2. The number of aromatic amines is 1. The van der Waals surface area contributed by atoms with Crippen molar-refractivity contribution in [1.82, 2.24) is 15.2 Å². The van der Waals surface area contributed by atoms with E-state index in [0.717, 1.165) is 31.3 Å². The van der Waals surface area contributed by atoms with Crippen molar-refractivity contribution >= 4 is 11.6 Å². The van der Waals surface area contributed by atoms with Gasteiger partial charge >= 0.3 is 0 Å². The number of H-pyrrole nitrogens is 1. The zero-order chi connectivity index (χ0) is 22.2. The second-order valence-corrected chi connectivity index (χ2v) is 8.27. The van der Waals surface area contributed by atoms with Crippen LogP contribution in [-0.4, -0.2) is 42.0 Å². The number of likely N-dealkylation sites (tertiary alicyclic amines) is 1. The standard InChI is InChI=1S/C22H28F2N4O2/c1-12-6-13(2)26-21(30)18(12)9-25-20(29)17-7-15(22(4,23)24)8-19(14(17)3)27-16-10-28(5)11-16/h6-8,16,27H,9-11H2,1-5H3,(H,25,29)(H,26,30). The molecule has 0 saturated carbocycles. The number of hydrogen-bond donors (Lipinski definition) is 3. The lowest BCUT2D eigenvalue weighted by Crippen LogP contribution is -2.52. The van der Waals surface area contributed by atoms with E-state index < -0.39 is 11.8 Å².